The van der Waals surface area contributed by atoms with Gasteiger partial charge in [-0.2, -0.15) is 0 Å². The fourth-order valence-corrected chi connectivity index (χ4v) is 1.90. The average Bonchev–Trinajstić information content (AvgIpc) is 2.45. The Hall–Kier alpha value is -1.88. The van der Waals surface area contributed by atoms with Crippen LogP contribution in [0.5, 0.6) is 5.75 Å². The van der Waals surface area contributed by atoms with Gasteiger partial charge in [-0.05, 0) is 35.4 Å². The highest BCUT2D eigenvalue weighted by molar-refractivity contribution is 6.17. The number of nitrogens with one attached hydrogen (secondary N) is 1. The molecule has 0 unspecified atom stereocenters. The second-order valence-electron chi connectivity index (χ2n) is 4.38. The fourth-order valence-electron chi connectivity index (χ4n) is 1.72. The van der Waals surface area contributed by atoms with Crippen LogP contribution in [0.4, 0.5) is 18.9 Å². The normalized spacial score (nSPS) is 11.2. The highest BCUT2D eigenvalue weighted by Crippen LogP contribution is 2.23. The standard InChI is InChI=1S/C15H13ClF3NO/c16-9-11-1-5-13(6-2-11)20-10-12-3-7-14(8-4-12)21-15(17,18)19/h1-8,20H,9-10H2. The molecule has 0 saturated carbocycles. The quantitative estimate of drug-likeness (QED) is 0.789. The number of hydrogen-bond acceptors (Lipinski definition) is 2. The molecule has 0 radical (unpaired) electrons. The van der Waals surface area contributed by atoms with E-state index in [9.17, 15) is 13.2 Å². The van der Waals surface area contributed by atoms with Crippen molar-refractivity contribution in [1.82, 2.24) is 0 Å². The van der Waals surface area contributed by atoms with Gasteiger partial charge in [0.15, 0.2) is 0 Å². The Kier molecular flexibility index (Phi) is 4.96. The minimum Gasteiger partial charge on any atom is -0.406 e. The van der Waals surface area contributed by atoms with Gasteiger partial charge < -0.3 is 10.1 Å². The van der Waals surface area contributed by atoms with Gasteiger partial charge >= 0.3 is 6.36 Å². The predicted octanol–water partition coefficient (Wildman–Crippen LogP) is 4.94. The molecule has 6 heteroatoms. The van der Waals surface area contributed by atoms with E-state index in [2.05, 4.69) is 10.1 Å². The number of hydrogen-bond donors (Lipinski definition) is 1. The summed E-state index contributed by atoms with van der Waals surface area (Å²) < 4.78 is 39.9. The lowest BCUT2D eigenvalue weighted by Gasteiger charge is -2.10. The second-order valence-corrected chi connectivity index (χ2v) is 4.64. The van der Waals surface area contributed by atoms with Crippen molar-refractivity contribution in [3.63, 3.8) is 0 Å². The third-order valence-electron chi connectivity index (χ3n) is 2.76. The van der Waals surface area contributed by atoms with E-state index in [0.29, 0.717) is 12.4 Å². The van der Waals surface area contributed by atoms with Crippen LogP contribution in [-0.4, -0.2) is 6.36 Å². The maximum atomic E-state index is 12.0. The third kappa shape index (κ3) is 5.19. The first-order valence-corrected chi connectivity index (χ1v) is 6.73. The van der Waals surface area contributed by atoms with E-state index in [4.69, 9.17) is 11.6 Å². The van der Waals surface area contributed by atoms with E-state index in [1.54, 1.807) is 12.1 Å². The molecule has 0 aromatic heterocycles. The number of rotatable bonds is 5. The highest BCUT2D eigenvalue weighted by atomic mass is 35.5. The van der Waals surface area contributed by atoms with Crippen molar-refractivity contribution in [2.45, 2.75) is 18.8 Å². The molecule has 112 valence electrons. The largest absolute Gasteiger partial charge is 0.573 e. The van der Waals surface area contributed by atoms with Gasteiger partial charge in [0.1, 0.15) is 5.75 Å². The number of alkyl halides is 4. The van der Waals surface area contributed by atoms with Gasteiger partial charge in [-0.15, -0.1) is 24.8 Å². The molecule has 0 saturated heterocycles. The maximum absolute atomic E-state index is 12.0. The van der Waals surface area contributed by atoms with Crippen molar-refractivity contribution in [2.24, 2.45) is 0 Å². The third-order valence-corrected chi connectivity index (χ3v) is 3.07. The van der Waals surface area contributed by atoms with Crippen molar-refractivity contribution >= 4 is 17.3 Å². The highest BCUT2D eigenvalue weighted by Gasteiger charge is 2.30. The monoisotopic (exact) mass is 315 g/mol. The molecule has 0 atom stereocenters. The van der Waals surface area contributed by atoms with Crippen LogP contribution in [0.1, 0.15) is 11.1 Å². The summed E-state index contributed by atoms with van der Waals surface area (Å²) >= 11 is 5.70. The molecule has 2 aromatic carbocycles. The number of anilines is 1. The molecule has 21 heavy (non-hydrogen) atoms. The van der Waals surface area contributed by atoms with E-state index in [1.165, 1.54) is 12.1 Å². The Morgan fingerprint density at radius 1 is 0.905 bits per heavy atom. The number of halogens is 4. The molecular weight excluding hydrogens is 303 g/mol. The molecule has 0 bridgehead atoms. The van der Waals surface area contributed by atoms with Crippen LogP contribution in [0.3, 0.4) is 0 Å². The summed E-state index contributed by atoms with van der Waals surface area (Å²) in [5, 5.41) is 3.17. The minimum absolute atomic E-state index is 0.224. The molecular formula is C15H13ClF3NO. The predicted molar refractivity (Wildman–Crippen MR) is 76.5 cm³/mol. The lowest BCUT2D eigenvalue weighted by Crippen LogP contribution is -2.17. The van der Waals surface area contributed by atoms with E-state index in [1.807, 2.05) is 24.3 Å². The second kappa shape index (κ2) is 6.72. The molecule has 2 nitrogen and oxygen atoms in total. The molecule has 0 amide bonds. The zero-order valence-corrected chi connectivity index (χ0v) is 11.7. The van der Waals surface area contributed by atoms with Gasteiger partial charge in [-0.3, -0.25) is 0 Å². The van der Waals surface area contributed by atoms with Gasteiger partial charge in [0, 0.05) is 18.1 Å². The summed E-state index contributed by atoms with van der Waals surface area (Å²) in [4.78, 5) is 0. The lowest BCUT2D eigenvalue weighted by atomic mass is 10.2. The molecule has 0 aliphatic carbocycles. The Balaban J connectivity index is 1.91. The van der Waals surface area contributed by atoms with Gasteiger partial charge in [-0.25, -0.2) is 0 Å². The topological polar surface area (TPSA) is 21.3 Å². The van der Waals surface area contributed by atoms with Gasteiger partial charge in [-0.1, -0.05) is 24.3 Å². The average molecular weight is 316 g/mol. The summed E-state index contributed by atoms with van der Waals surface area (Å²) in [6.07, 6.45) is -4.66. The molecule has 0 aliphatic rings. The van der Waals surface area contributed by atoms with E-state index in [-0.39, 0.29) is 5.75 Å². The Morgan fingerprint density at radius 2 is 1.48 bits per heavy atom. The molecule has 2 aromatic rings. The smallest absolute Gasteiger partial charge is 0.406 e. The SMILES string of the molecule is FC(F)(F)Oc1ccc(CNc2ccc(CCl)cc2)cc1. The van der Waals surface area contributed by atoms with E-state index in [0.717, 1.165) is 16.8 Å². The first kappa shape index (κ1) is 15.5. The van der Waals surface area contributed by atoms with Crippen LogP contribution in [0.15, 0.2) is 48.5 Å². The zero-order valence-electron chi connectivity index (χ0n) is 11.0. The lowest BCUT2D eigenvalue weighted by molar-refractivity contribution is -0.274. The van der Waals surface area contributed by atoms with Crippen molar-refractivity contribution < 1.29 is 17.9 Å². The van der Waals surface area contributed by atoms with Crippen LogP contribution in [0.25, 0.3) is 0 Å². The van der Waals surface area contributed by atoms with Crippen LogP contribution < -0.4 is 10.1 Å². The molecule has 0 fully saturated rings. The number of benzene rings is 2. The Morgan fingerprint density at radius 3 is 2.00 bits per heavy atom. The summed E-state index contributed by atoms with van der Waals surface area (Å²) in [6.45, 7) is 0.506. The van der Waals surface area contributed by atoms with E-state index >= 15 is 0 Å². The summed E-state index contributed by atoms with van der Waals surface area (Å²) in [6, 6.07) is 13.4. The van der Waals surface area contributed by atoms with Gasteiger partial charge in [0.25, 0.3) is 0 Å². The van der Waals surface area contributed by atoms with Crippen molar-refractivity contribution in [3.8, 4) is 5.75 Å². The number of ether oxygens (including phenoxy) is 1. The first-order chi connectivity index (χ1) is 9.96. The Labute approximate surface area is 125 Å². The van der Waals surface area contributed by atoms with Crippen molar-refractivity contribution in [2.75, 3.05) is 5.32 Å². The Bertz CT molecular complexity index is 567. The summed E-state index contributed by atoms with van der Waals surface area (Å²) in [7, 11) is 0. The molecule has 1 N–H and O–H groups in total. The van der Waals surface area contributed by atoms with Crippen LogP contribution in [0.2, 0.25) is 0 Å². The van der Waals surface area contributed by atoms with Crippen molar-refractivity contribution in [3.05, 3.63) is 59.7 Å². The zero-order chi connectivity index (χ0) is 15.3. The molecule has 2 rings (SSSR count). The maximum Gasteiger partial charge on any atom is 0.573 e. The molecule has 0 aliphatic heterocycles. The fraction of sp³-hybridized carbons (Fsp3) is 0.200. The van der Waals surface area contributed by atoms with Gasteiger partial charge in [0.05, 0.1) is 0 Å². The van der Waals surface area contributed by atoms with Crippen molar-refractivity contribution in [1.29, 1.82) is 0 Å². The van der Waals surface area contributed by atoms with Crippen LogP contribution in [0, 0.1) is 0 Å². The van der Waals surface area contributed by atoms with E-state index < -0.39 is 6.36 Å². The van der Waals surface area contributed by atoms with Crippen LogP contribution in [-0.2, 0) is 12.4 Å². The van der Waals surface area contributed by atoms with Crippen LogP contribution >= 0.6 is 11.6 Å². The summed E-state index contributed by atoms with van der Waals surface area (Å²) in [5.41, 5.74) is 2.79. The minimum atomic E-state index is -4.66. The first-order valence-electron chi connectivity index (χ1n) is 6.20. The molecule has 0 heterocycles. The molecule has 0 spiro atoms. The summed E-state index contributed by atoms with van der Waals surface area (Å²) in [5.74, 6) is 0.235. The van der Waals surface area contributed by atoms with Gasteiger partial charge in [0.2, 0.25) is 0 Å².